The smallest absolute Gasteiger partial charge is 0.285 e. The van der Waals surface area contributed by atoms with E-state index in [1.165, 1.54) is 6.07 Å². The molecule has 0 saturated carbocycles. The number of nitro groups is 3. The number of nitro benzene ring substituents is 3. The predicted octanol–water partition coefficient (Wildman–Crippen LogP) is 4.67. The van der Waals surface area contributed by atoms with Crippen LogP contribution in [0.5, 0.6) is 0 Å². The van der Waals surface area contributed by atoms with Crippen molar-refractivity contribution in [3.05, 3.63) is 71.3 Å². The number of carbonyl (C=O) groups excluding carboxylic acids is 2. The lowest BCUT2D eigenvalue weighted by molar-refractivity contribution is -0.394. The number of ketones is 1. The van der Waals surface area contributed by atoms with Gasteiger partial charge < -0.3 is 4.90 Å². The number of hydrogen-bond acceptors (Lipinski definition) is 8. The molecule has 34 heavy (non-hydrogen) atoms. The normalized spacial score (nSPS) is 11.6. The Kier molecular flexibility index (Phi) is 6.99. The van der Waals surface area contributed by atoms with Crippen molar-refractivity contribution in [2.75, 3.05) is 13.1 Å². The van der Waals surface area contributed by atoms with Crippen molar-refractivity contribution in [2.45, 2.75) is 39.5 Å². The van der Waals surface area contributed by atoms with Crippen LogP contribution in [0.1, 0.15) is 65.8 Å². The molecule has 3 rings (SSSR count). The minimum Gasteiger partial charge on any atom is -0.339 e. The van der Waals surface area contributed by atoms with Crippen LogP contribution in [0.2, 0.25) is 0 Å². The van der Waals surface area contributed by atoms with Gasteiger partial charge in [0.05, 0.1) is 32.0 Å². The SMILES string of the molecule is CCCCN(CCCC)C(=O)c1cc2c(c([N+](=O)[O-])c1)-c1c(cc([N+](=O)[O-])cc1[N+](=O)[O-])C2=O. The third-order valence-corrected chi connectivity index (χ3v) is 5.66. The van der Waals surface area contributed by atoms with Crippen molar-refractivity contribution in [1.29, 1.82) is 0 Å². The van der Waals surface area contributed by atoms with E-state index >= 15 is 0 Å². The highest BCUT2D eigenvalue weighted by molar-refractivity contribution is 6.25. The summed E-state index contributed by atoms with van der Waals surface area (Å²) in [7, 11) is 0. The predicted molar refractivity (Wildman–Crippen MR) is 121 cm³/mol. The molecule has 0 saturated heterocycles. The monoisotopic (exact) mass is 470 g/mol. The van der Waals surface area contributed by atoms with Crippen molar-refractivity contribution in [2.24, 2.45) is 0 Å². The molecule has 1 aliphatic carbocycles. The van der Waals surface area contributed by atoms with Gasteiger partial charge in [-0.05, 0) is 18.9 Å². The topological polar surface area (TPSA) is 167 Å². The van der Waals surface area contributed by atoms with Crippen molar-refractivity contribution in [3.8, 4) is 11.1 Å². The van der Waals surface area contributed by atoms with Crippen molar-refractivity contribution >= 4 is 28.8 Å². The molecule has 1 aliphatic rings. The van der Waals surface area contributed by atoms with Gasteiger partial charge in [-0.1, -0.05) is 26.7 Å². The lowest BCUT2D eigenvalue weighted by atomic mass is 9.98. The molecule has 1 amide bonds. The lowest BCUT2D eigenvalue weighted by Gasteiger charge is -2.22. The second-order valence-electron chi connectivity index (χ2n) is 7.91. The van der Waals surface area contributed by atoms with E-state index < -0.39 is 43.5 Å². The fraction of sp³-hybridized carbons (Fsp3) is 0.364. The van der Waals surface area contributed by atoms with Crippen LogP contribution in [0.4, 0.5) is 17.1 Å². The van der Waals surface area contributed by atoms with Gasteiger partial charge in [-0.3, -0.25) is 39.9 Å². The maximum atomic E-state index is 13.2. The third kappa shape index (κ3) is 4.34. The quantitative estimate of drug-likeness (QED) is 0.304. The number of amides is 1. The third-order valence-electron chi connectivity index (χ3n) is 5.66. The molecule has 0 radical (unpaired) electrons. The van der Waals surface area contributed by atoms with Gasteiger partial charge in [0.1, 0.15) is 0 Å². The van der Waals surface area contributed by atoms with Crippen LogP contribution >= 0.6 is 0 Å². The van der Waals surface area contributed by atoms with Gasteiger partial charge in [0.2, 0.25) is 0 Å². The molecule has 0 N–H and O–H groups in total. The van der Waals surface area contributed by atoms with Crippen LogP contribution in [0.25, 0.3) is 11.1 Å². The summed E-state index contributed by atoms with van der Waals surface area (Å²) in [5, 5.41) is 34.8. The number of carbonyl (C=O) groups is 2. The van der Waals surface area contributed by atoms with Gasteiger partial charge in [-0.2, -0.15) is 0 Å². The summed E-state index contributed by atoms with van der Waals surface area (Å²) in [6.07, 6.45) is 3.11. The Labute approximate surface area is 193 Å². The molecule has 12 heteroatoms. The Morgan fingerprint density at radius 1 is 0.794 bits per heavy atom. The highest BCUT2D eigenvalue weighted by Crippen LogP contribution is 2.49. The summed E-state index contributed by atoms with van der Waals surface area (Å²) in [4.78, 5) is 60.1. The number of unbranched alkanes of at least 4 members (excludes halogenated alkanes) is 2. The summed E-state index contributed by atoms with van der Waals surface area (Å²) in [6, 6.07) is 3.74. The first kappa shape index (κ1) is 24.4. The number of fused-ring (bicyclic) bond motifs is 3. The molecule has 0 fully saturated rings. The van der Waals surface area contributed by atoms with E-state index in [-0.39, 0.29) is 27.8 Å². The summed E-state index contributed by atoms with van der Waals surface area (Å²) in [5.74, 6) is -1.33. The largest absolute Gasteiger partial charge is 0.339 e. The number of nitrogens with zero attached hydrogens (tertiary/aromatic N) is 4. The maximum Gasteiger partial charge on any atom is 0.285 e. The van der Waals surface area contributed by atoms with Crippen molar-refractivity contribution < 1.29 is 24.4 Å². The zero-order chi connectivity index (χ0) is 25.2. The molecule has 0 spiro atoms. The molecule has 0 bridgehead atoms. The average molecular weight is 470 g/mol. The van der Waals surface area contributed by atoms with Crippen LogP contribution in [0.15, 0.2) is 24.3 Å². The van der Waals surface area contributed by atoms with Crippen LogP contribution in [-0.2, 0) is 0 Å². The highest BCUT2D eigenvalue weighted by atomic mass is 16.6. The molecule has 0 aromatic heterocycles. The van der Waals surface area contributed by atoms with Crippen LogP contribution in [0.3, 0.4) is 0 Å². The van der Waals surface area contributed by atoms with E-state index in [4.69, 9.17) is 0 Å². The van der Waals surface area contributed by atoms with E-state index in [0.717, 1.165) is 37.8 Å². The molecule has 178 valence electrons. The molecule has 0 atom stereocenters. The molecule has 0 unspecified atom stereocenters. The van der Waals surface area contributed by atoms with Crippen LogP contribution < -0.4 is 0 Å². The molecule has 0 heterocycles. The van der Waals surface area contributed by atoms with Gasteiger partial charge in [-0.25, -0.2) is 0 Å². The highest BCUT2D eigenvalue weighted by Gasteiger charge is 2.41. The van der Waals surface area contributed by atoms with Gasteiger partial charge in [0.15, 0.2) is 5.78 Å². The van der Waals surface area contributed by atoms with E-state index in [1.54, 1.807) is 4.90 Å². The first-order valence-electron chi connectivity index (χ1n) is 10.8. The van der Waals surface area contributed by atoms with Crippen molar-refractivity contribution in [3.63, 3.8) is 0 Å². The molecule has 0 aliphatic heterocycles. The number of rotatable bonds is 10. The van der Waals surface area contributed by atoms with Crippen LogP contribution in [-0.4, -0.2) is 44.4 Å². The minimum atomic E-state index is -0.922. The average Bonchev–Trinajstić information content (AvgIpc) is 3.09. The molecule has 2 aromatic carbocycles. The number of non-ortho nitro benzene ring substituents is 1. The van der Waals surface area contributed by atoms with E-state index in [0.29, 0.717) is 19.2 Å². The van der Waals surface area contributed by atoms with E-state index in [1.807, 2.05) is 13.8 Å². The first-order valence-corrected chi connectivity index (χ1v) is 10.8. The lowest BCUT2D eigenvalue weighted by Crippen LogP contribution is -2.33. The molecular formula is C22H22N4O8. The molecular weight excluding hydrogens is 448 g/mol. The number of benzene rings is 2. The van der Waals surface area contributed by atoms with Gasteiger partial charge in [-0.15, -0.1) is 0 Å². The molecule has 2 aromatic rings. The Bertz CT molecular complexity index is 1220. The second kappa shape index (κ2) is 9.73. The summed E-state index contributed by atoms with van der Waals surface area (Å²) >= 11 is 0. The summed E-state index contributed by atoms with van der Waals surface area (Å²) in [6.45, 7) is 4.80. The van der Waals surface area contributed by atoms with E-state index in [9.17, 15) is 39.9 Å². The van der Waals surface area contributed by atoms with Gasteiger partial charge in [0, 0.05) is 41.9 Å². The Balaban J connectivity index is 2.23. The van der Waals surface area contributed by atoms with Crippen LogP contribution in [0, 0.1) is 30.3 Å². The zero-order valence-electron chi connectivity index (χ0n) is 18.6. The Morgan fingerprint density at radius 2 is 1.29 bits per heavy atom. The second-order valence-corrected chi connectivity index (χ2v) is 7.91. The standard InChI is InChI=1S/C22H22N4O8/c1-3-5-7-23(8-6-4-2)22(28)13-9-15-19(17(10-13)25(31)32)20-16(21(15)27)11-14(24(29)30)12-18(20)26(33)34/h9-12H,3-8H2,1-2H3. The van der Waals surface area contributed by atoms with E-state index in [2.05, 4.69) is 0 Å². The Hall–Kier alpha value is -4.22. The van der Waals surface area contributed by atoms with Crippen molar-refractivity contribution in [1.82, 2.24) is 4.90 Å². The summed E-state index contributed by atoms with van der Waals surface area (Å²) in [5.41, 5.74) is -3.50. The first-order chi connectivity index (χ1) is 16.1. The fourth-order valence-electron chi connectivity index (χ4n) is 3.98. The zero-order valence-corrected chi connectivity index (χ0v) is 18.6. The fourth-order valence-corrected chi connectivity index (χ4v) is 3.98. The van der Waals surface area contributed by atoms with Gasteiger partial charge in [0.25, 0.3) is 23.0 Å². The van der Waals surface area contributed by atoms with Gasteiger partial charge >= 0.3 is 0 Å². The summed E-state index contributed by atoms with van der Waals surface area (Å²) < 4.78 is 0. The minimum absolute atomic E-state index is 0.0871. The number of hydrogen-bond donors (Lipinski definition) is 0. The maximum absolute atomic E-state index is 13.2. The Morgan fingerprint density at radius 3 is 1.76 bits per heavy atom. The molecule has 12 nitrogen and oxygen atoms in total.